The Morgan fingerprint density at radius 1 is 1.06 bits per heavy atom. The highest BCUT2D eigenvalue weighted by atomic mass is 16.5. The summed E-state index contributed by atoms with van der Waals surface area (Å²) in [6, 6.07) is 0. The molecule has 0 heterocycles. The van der Waals surface area contributed by atoms with Gasteiger partial charge in [0.1, 0.15) is 0 Å². The molecule has 0 spiro atoms. The van der Waals surface area contributed by atoms with Crippen LogP contribution in [0.4, 0.5) is 0 Å². The highest BCUT2D eigenvalue weighted by molar-refractivity contribution is 4.79. The molecule has 0 saturated carbocycles. The first-order chi connectivity index (χ1) is 7.58. The molecule has 0 aromatic rings. The van der Waals surface area contributed by atoms with E-state index < -0.39 is 0 Å². The zero-order valence-electron chi connectivity index (χ0n) is 11.7. The lowest BCUT2D eigenvalue weighted by molar-refractivity contribution is -0.0283. The minimum atomic E-state index is -0.0713. The van der Waals surface area contributed by atoms with Crippen molar-refractivity contribution in [1.29, 1.82) is 0 Å². The summed E-state index contributed by atoms with van der Waals surface area (Å²) >= 11 is 0. The van der Waals surface area contributed by atoms with Crippen molar-refractivity contribution in [2.75, 3.05) is 13.7 Å². The molecule has 2 nitrogen and oxygen atoms in total. The summed E-state index contributed by atoms with van der Waals surface area (Å²) in [6.07, 6.45) is 9.29. The Labute approximate surface area is 102 Å². The van der Waals surface area contributed by atoms with E-state index in [2.05, 4.69) is 20.8 Å². The second-order valence-corrected chi connectivity index (χ2v) is 5.30. The fourth-order valence-electron chi connectivity index (χ4n) is 2.09. The zero-order chi connectivity index (χ0) is 12.4. The van der Waals surface area contributed by atoms with Crippen LogP contribution in [0.15, 0.2) is 0 Å². The van der Waals surface area contributed by atoms with Crippen molar-refractivity contribution < 1.29 is 4.74 Å². The molecule has 1 atom stereocenters. The zero-order valence-corrected chi connectivity index (χ0v) is 11.7. The van der Waals surface area contributed by atoms with Crippen molar-refractivity contribution in [3.63, 3.8) is 0 Å². The van der Waals surface area contributed by atoms with E-state index in [1.165, 1.54) is 44.9 Å². The molecule has 0 aliphatic heterocycles. The van der Waals surface area contributed by atoms with Crippen molar-refractivity contribution in [1.82, 2.24) is 0 Å². The lowest BCUT2D eigenvalue weighted by atomic mass is 9.86. The first-order valence-electron chi connectivity index (χ1n) is 6.83. The quantitative estimate of drug-likeness (QED) is 0.579. The molecule has 2 heteroatoms. The monoisotopic (exact) mass is 229 g/mol. The maximum absolute atomic E-state index is 5.82. The number of methoxy groups -OCH3 is 1. The lowest BCUT2D eigenvalue weighted by Gasteiger charge is -2.32. The predicted molar refractivity (Wildman–Crippen MR) is 71.6 cm³/mol. The van der Waals surface area contributed by atoms with Crippen LogP contribution in [0.3, 0.4) is 0 Å². The number of rotatable bonds is 10. The second kappa shape index (κ2) is 9.00. The molecule has 1 unspecified atom stereocenters. The minimum Gasteiger partial charge on any atom is -0.378 e. The van der Waals surface area contributed by atoms with Gasteiger partial charge < -0.3 is 10.5 Å². The maximum Gasteiger partial charge on any atom is 0.0662 e. The van der Waals surface area contributed by atoms with Gasteiger partial charge in [-0.3, -0.25) is 0 Å². The summed E-state index contributed by atoms with van der Waals surface area (Å²) in [5.74, 6) is 0.490. The van der Waals surface area contributed by atoms with E-state index >= 15 is 0 Å². The third-order valence-corrected chi connectivity index (χ3v) is 3.70. The Bertz CT molecular complexity index is 157. The van der Waals surface area contributed by atoms with Crippen LogP contribution >= 0.6 is 0 Å². The van der Waals surface area contributed by atoms with Crippen LogP contribution in [0.5, 0.6) is 0 Å². The average Bonchev–Trinajstić information content (AvgIpc) is 2.28. The van der Waals surface area contributed by atoms with Gasteiger partial charge in [-0.15, -0.1) is 0 Å². The fraction of sp³-hybridized carbons (Fsp3) is 1.00. The van der Waals surface area contributed by atoms with E-state index in [1.807, 2.05) is 0 Å². The van der Waals surface area contributed by atoms with Gasteiger partial charge in [0.25, 0.3) is 0 Å². The molecule has 0 aromatic carbocycles. The molecule has 0 amide bonds. The third-order valence-electron chi connectivity index (χ3n) is 3.70. The molecule has 0 aliphatic carbocycles. The van der Waals surface area contributed by atoms with Gasteiger partial charge in [-0.05, 0) is 32.7 Å². The molecule has 0 saturated heterocycles. The Morgan fingerprint density at radius 3 is 2.12 bits per heavy atom. The molecular weight excluding hydrogens is 198 g/mol. The van der Waals surface area contributed by atoms with E-state index in [0.717, 1.165) is 6.54 Å². The van der Waals surface area contributed by atoms with E-state index in [9.17, 15) is 0 Å². The summed E-state index contributed by atoms with van der Waals surface area (Å²) in [6.45, 7) is 7.27. The highest BCUT2D eigenvalue weighted by Gasteiger charge is 2.27. The number of unbranched alkanes of at least 4 members (excludes halogenated alkanes) is 5. The van der Waals surface area contributed by atoms with Crippen molar-refractivity contribution in [2.45, 2.75) is 71.3 Å². The summed E-state index contributed by atoms with van der Waals surface area (Å²) in [7, 11) is 1.78. The van der Waals surface area contributed by atoms with Crippen molar-refractivity contribution in [3.05, 3.63) is 0 Å². The van der Waals surface area contributed by atoms with Gasteiger partial charge in [0, 0.05) is 7.11 Å². The standard InChI is InChI=1S/C14H31NO/c1-5-6-7-8-9-10-11-13(12-15)14(2,3)16-4/h13H,5-12,15H2,1-4H3. The van der Waals surface area contributed by atoms with Gasteiger partial charge in [-0.1, -0.05) is 45.4 Å². The van der Waals surface area contributed by atoms with Gasteiger partial charge in [-0.25, -0.2) is 0 Å². The number of ether oxygens (including phenoxy) is 1. The van der Waals surface area contributed by atoms with Gasteiger partial charge in [0.15, 0.2) is 0 Å². The lowest BCUT2D eigenvalue weighted by Crippen LogP contribution is -2.38. The Hall–Kier alpha value is -0.0800. The van der Waals surface area contributed by atoms with Gasteiger partial charge in [0.05, 0.1) is 5.60 Å². The number of nitrogens with two attached hydrogens (primary N) is 1. The fourth-order valence-corrected chi connectivity index (χ4v) is 2.09. The topological polar surface area (TPSA) is 35.2 Å². The van der Waals surface area contributed by atoms with Crippen molar-refractivity contribution in [2.24, 2.45) is 11.7 Å². The third kappa shape index (κ3) is 6.49. The van der Waals surface area contributed by atoms with Gasteiger partial charge >= 0.3 is 0 Å². The van der Waals surface area contributed by atoms with Crippen LogP contribution in [-0.4, -0.2) is 19.3 Å². The Balaban J connectivity index is 3.64. The molecule has 0 fully saturated rings. The predicted octanol–water partition coefficient (Wildman–Crippen LogP) is 3.74. The molecule has 0 aliphatic rings. The van der Waals surface area contributed by atoms with Crippen LogP contribution in [0.25, 0.3) is 0 Å². The largest absolute Gasteiger partial charge is 0.378 e. The average molecular weight is 229 g/mol. The smallest absolute Gasteiger partial charge is 0.0662 e. The first-order valence-corrected chi connectivity index (χ1v) is 6.83. The van der Waals surface area contributed by atoms with E-state index in [-0.39, 0.29) is 5.60 Å². The van der Waals surface area contributed by atoms with Gasteiger partial charge in [0.2, 0.25) is 0 Å². The minimum absolute atomic E-state index is 0.0713. The molecule has 0 aromatic heterocycles. The summed E-state index contributed by atoms with van der Waals surface area (Å²) in [5.41, 5.74) is 5.75. The molecule has 0 rings (SSSR count). The first kappa shape index (κ1) is 15.9. The normalized spacial score (nSPS) is 14.1. The van der Waals surface area contributed by atoms with Crippen molar-refractivity contribution in [3.8, 4) is 0 Å². The van der Waals surface area contributed by atoms with Crippen LogP contribution in [-0.2, 0) is 4.74 Å². The number of hydrogen-bond acceptors (Lipinski definition) is 2. The van der Waals surface area contributed by atoms with Crippen molar-refractivity contribution >= 4 is 0 Å². The molecule has 98 valence electrons. The van der Waals surface area contributed by atoms with Crippen LogP contribution in [0.2, 0.25) is 0 Å². The second-order valence-electron chi connectivity index (χ2n) is 5.30. The van der Waals surface area contributed by atoms with E-state index in [4.69, 9.17) is 10.5 Å². The Kier molecular flexibility index (Phi) is 8.96. The SMILES string of the molecule is CCCCCCCCC(CN)C(C)(C)OC. The number of hydrogen-bond donors (Lipinski definition) is 1. The maximum atomic E-state index is 5.82. The summed E-state index contributed by atoms with van der Waals surface area (Å²) in [5, 5.41) is 0. The molecule has 2 N–H and O–H groups in total. The van der Waals surface area contributed by atoms with E-state index in [1.54, 1.807) is 7.11 Å². The van der Waals surface area contributed by atoms with E-state index in [0.29, 0.717) is 5.92 Å². The molecule has 0 radical (unpaired) electrons. The summed E-state index contributed by atoms with van der Waals surface area (Å²) in [4.78, 5) is 0. The van der Waals surface area contributed by atoms with Crippen LogP contribution < -0.4 is 5.73 Å². The van der Waals surface area contributed by atoms with Gasteiger partial charge in [-0.2, -0.15) is 0 Å². The highest BCUT2D eigenvalue weighted by Crippen LogP contribution is 2.25. The Morgan fingerprint density at radius 2 is 1.62 bits per heavy atom. The van der Waals surface area contributed by atoms with Crippen LogP contribution in [0.1, 0.15) is 65.7 Å². The summed E-state index contributed by atoms with van der Waals surface area (Å²) < 4.78 is 5.51. The molecule has 0 bridgehead atoms. The molecular formula is C14H31NO. The molecule has 16 heavy (non-hydrogen) atoms. The van der Waals surface area contributed by atoms with Crippen LogP contribution in [0, 0.1) is 5.92 Å².